The van der Waals surface area contributed by atoms with Gasteiger partial charge in [-0.15, -0.1) is 0 Å². The Morgan fingerprint density at radius 2 is 1.86 bits per heavy atom. The molecule has 116 valence electrons. The molecule has 2 heterocycles. The topological polar surface area (TPSA) is 40.6 Å². The molecule has 0 radical (unpaired) electrons. The minimum Gasteiger partial charge on any atom is -0.301 e. The molecule has 2 atom stereocenters. The summed E-state index contributed by atoms with van der Waals surface area (Å²) in [4.78, 5) is 2.34. The van der Waals surface area contributed by atoms with Gasteiger partial charge in [0, 0.05) is 24.5 Å². The Bertz CT molecular complexity index is 602. The van der Waals surface area contributed by atoms with Gasteiger partial charge < -0.3 is 4.90 Å². The van der Waals surface area contributed by atoms with Crippen LogP contribution in [0.5, 0.6) is 0 Å². The summed E-state index contributed by atoms with van der Waals surface area (Å²) >= 11 is 0. The highest BCUT2D eigenvalue weighted by atomic mass is 32.2. The highest BCUT2D eigenvalue weighted by molar-refractivity contribution is 7.89. The normalized spacial score (nSPS) is 31.2. The Kier molecular flexibility index (Phi) is 3.84. The van der Waals surface area contributed by atoms with Crippen LogP contribution in [0.15, 0.2) is 30.3 Å². The van der Waals surface area contributed by atoms with Crippen LogP contribution in [-0.4, -0.2) is 56.1 Å². The fourth-order valence-corrected chi connectivity index (χ4v) is 5.12. The lowest BCUT2D eigenvalue weighted by Gasteiger charge is -2.45. The van der Waals surface area contributed by atoms with Crippen molar-refractivity contribution in [3.63, 3.8) is 0 Å². The van der Waals surface area contributed by atoms with Crippen molar-refractivity contribution in [3.8, 4) is 0 Å². The van der Waals surface area contributed by atoms with Crippen molar-refractivity contribution < 1.29 is 8.42 Å². The molecule has 0 amide bonds. The number of benzene rings is 1. The molecule has 0 aromatic heterocycles. The third-order valence-electron chi connectivity index (χ3n) is 5.37. The van der Waals surface area contributed by atoms with Gasteiger partial charge in [-0.25, -0.2) is 12.7 Å². The van der Waals surface area contributed by atoms with Gasteiger partial charge in [0.2, 0.25) is 10.0 Å². The Morgan fingerprint density at radius 3 is 2.52 bits per heavy atom. The van der Waals surface area contributed by atoms with E-state index in [1.54, 1.807) is 11.2 Å². The SMILES string of the molecule is CCS(=O)(=O)N1CC[C@]2(c3ccccc3)CCN(C)[C@H]2C1. The molecule has 0 unspecified atom stereocenters. The number of nitrogens with zero attached hydrogens (tertiary/aromatic N) is 2. The maximum atomic E-state index is 12.2. The number of hydrogen-bond acceptors (Lipinski definition) is 3. The van der Waals surface area contributed by atoms with Crippen molar-refractivity contribution in [2.45, 2.75) is 31.2 Å². The summed E-state index contributed by atoms with van der Waals surface area (Å²) in [6, 6.07) is 10.9. The number of fused-ring (bicyclic) bond motifs is 1. The minimum atomic E-state index is -3.09. The van der Waals surface area contributed by atoms with Gasteiger partial charge in [0.05, 0.1) is 5.75 Å². The third-order valence-corrected chi connectivity index (χ3v) is 7.22. The van der Waals surface area contributed by atoms with E-state index in [0.29, 0.717) is 13.1 Å². The molecule has 1 aromatic rings. The van der Waals surface area contributed by atoms with Crippen molar-refractivity contribution in [2.24, 2.45) is 0 Å². The summed E-state index contributed by atoms with van der Waals surface area (Å²) in [5, 5.41) is 0. The van der Waals surface area contributed by atoms with Crippen LogP contribution in [0.25, 0.3) is 0 Å². The summed E-state index contributed by atoms with van der Waals surface area (Å²) < 4.78 is 26.1. The van der Waals surface area contributed by atoms with Crippen molar-refractivity contribution in [1.82, 2.24) is 9.21 Å². The Labute approximate surface area is 127 Å². The number of piperidine rings is 1. The average Bonchev–Trinajstić information content (AvgIpc) is 2.86. The molecule has 4 nitrogen and oxygen atoms in total. The molecule has 21 heavy (non-hydrogen) atoms. The lowest BCUT2D eigenvalue weighted by atomic mass is 9.70. The van der Waals surface area contributed by atoms with E-state index in [2.05, 4.69) is 36.2 Å². The van der Waals surface area contributed by atoms with E-state index in [4.69, 9.17) is 0 Å². The summed E-state index contributed by atoms with van der Waals surface area (Å²) in [7, 11) is -0.963. The number of hydrogen-bond donors (Lipinski definition) is 0. The van der Waals surface area contributed by atoms with E-state index in [-0.39, 0.29) is 17.2 Å². The van der Waals surface area contributed by atoms with Crippen molar-refractivity contribution in [1.29, 1.82) is 0 Å². The first-order valence-corrected chi connectivity index (χ1v) is 9.34. The summed E-state index contributed by atoms with van der Waals surface area (Å²) in [6.45, 7) is 4.04. The Hall–Kier alpha value is -0.910. The maximum Gasteiger partial charge on any atom is 0.213 e. The largest absolute Gasteiger partial charge is 0.301 e. The van der Waals surface area contributed by atoms with E-state index in [9.17, 15) is 8.42 Å². The van der Waals surface area contributed by atoms with Crippen LogP contribution in [-0.2, 0) is 15.4 Å². The fourth-order valence-electron chi connectivity index (χ4n) is 4.02. The van der Waals surface area contributed by atoms with Crippen molar-refractivity contribution in [2.75, 3.05) is 32.4 Å². The monoisotopic (exact) mass is 308 g/mol. The fraction of sp³-hybridized carbons (Fsp3) is 0.625. The second-order valence-corrected chi connectivity index (χ2v) is 8.53. The first kappa shape index (κ1) is 15.0. The first-order chi connectivity index (χ1) is 9.99. The predicted molar refractivity (Wildman–Crippen MR) is 84.8 cm³/mol. The maximum absolute atomic E-state index is 12.2. The van der Waals surface area contributed by atoms with Gasteiger partial charge in [-0.1, -0.05) is 30.3 Å². The van der Waals surface area contributed by atoms with Gasteiger partial charge in [-0.3, -0.25) is 0 Å². The van der Waals surface area contributed by atoms with Gasteiger partial charge in [-0.05, 0) is 38.9 Å². The quantitative estimate of drug-likeness (QED) is 0.853. The zero-order chi connectivity index (χ0) is 15.1. The van der Waals surface area contributed by atoms with E-state index < -0.39 is 10.0 Å². The lowest BCUT2D eigenvalue weighted by Crippen LogP contribution is -2.56. The molecule has 2 fully saturated rings. The van der Waals surface area contributed by atoms with E-state index in [0.717, 1.165) is 19.4 Å². The zero-order valence-corrected chi connectivity index (χ0v) is 13.6. The zero-order valence-electron chi connectivity index (χ0n) is 12.8. The predicted octanol–water partition coefficient (Wildman–Crippen LogP) is 1.68. The van der Waals surface area contributed by atoms with Gasteiger partial charge in [0.25, 0.3) is 0 Å². The lowest BCUT2D eigenvalue weighted by molar-refractivity contribution is 0.147. The highest BCUT2D eigenvalue weighted by Gasteiger charge is 2.51. The van der Waals surface area contributed by atoms with Gasteiger partial charge in [0.1, 0.15) is 0 Å². The molecular weight excluding hydrogens is 284 g/mol. The summed E-state index contributed by atoms with van der Waals surface area (Å²) in [5.74, 6) is 0.196. The van der Waals surface area contributed by atoms with Gasteiger partial charge in [0.15, 0.2) is 0 Å². The van der Waals surface area contributed by atoms with Crippen molar-refractivity contribution in [3.05, 3.63) is 35.9 Å². The van der Waals surface area contributed by atoms with E-state index in [1.807, 2.05) is 6.07 Å². The van der Waals surface area contributed by atoms with Crippen LogP contribution in [0.1, 0.15) is 25.3 Å². The highest BCUT2D eigenvalue weighted by Crippen LogP contribution is 2.45. The molecule has 0 spiro atoms. The standard InChI is InChI=1S/C16H24N2O2S/c1-3-21(19,20)18-12-10-16(14-7-5-4-6-8-14)9-11-17(2)15(16)13-18/h4-8,15H,3,9-13H2,1-2H3/t15-,16-/m0/s1. The molecule has 2 saturated heterocycles. The Morgan fingerprint density at radius 1 is 1.19 bits per heavy atom. The first-order valence-electron chi connectivity index (χ1n) is 7.73. The minimum absolute atomic E-state index is 0.121. The molecule has 2 aliphatic heterocycles. The van der Waals surface area contributed by atoms with Crippen LogP contribution >= 0.6 is 0 Å². The number of likely N-dealkylation sites (tertiary alicyclic amines) is 1. The molecule has 0 N–H and O–H groups in total. The molecule has 1 aromatic carbocycles. The van der Waals surface area contributed by atoms with E-state index in [1.165, 1.54) is 5.56 Å². The van der Waals surface area contributed by atoms with Gasteiger partial charge >= 0.3 is 0 Å². The molecular formula is C16H24N2O2S. The number of likely N-dealkylation sites (N-methyl/N-ethyl adjacent to an activating group) is 1. The van der Waals surface area contributed by atoms with Crippen LogP contribution in [0.4, 0.5) is 0 Å². The summed E-state index contributed by atoms with van der Waals surface area (Å²) in [6.07, 6.45) is 2.05. The third kappa shape index (κ3) is 2.41. The molecule has 0 aliphatic carbocycles. The second kappa shape index (κ2) is 5.38. The van der Waals surface area contributed by atoms with Gasteiger partial charge in [-0.2, -0.15) is 0 Å². The number of rotatable bonds is 3. The van der Waals surface area contributed by atoms with Crippen molar-refractivity contribution >= 4 is 10.0 Å². The molecule has 3 rings (SSSR count). The molecule has 0 bridgehead atoms. The summed E-state index contributed by atoms with van der Waals surface area (Å²) in [5.41, 5.74) is 1.49. The molecule has 5 heteroatoms. The smallest absolute Gasteiger partial charge is 0.213 e. The average molecular weight is 308 g/mol. The van der Waals surface area contributed by atoms with Crippen LogP contribution < -0.4 is 0 Å². The second-order valence-electron chi connectivity index (χ2n) is 6.28. The van der Waals surface area contributed by atoms with Crippen LogP contribution in [0, 0.1) is 0 Å². The molecule has 2 aliphatic rings. The van der Waals surface area contributed by atoms with E-state index >= 15 is 0 Å². The molecule has 0 saturated carbocycles. The van der Waals surface area contributed by atoms with Crippen LogP contribution in [0.2, 0.25) is 0 Å². The van der Waals surface area contributed by atoms with Crippen LogP contribution in [0.3, 0.4) is 0 Å². The number of sulfonamides is 1. The Balaban J connectivity index is 1.94.